The van der Waals surface area contributed by atoms with Gasteiger partial charge in [0.15, 0.2) is 0 Å². The van der Waals surface area contributed by atoms with Gasteiger partial charge in [0.2, 0.25) is 21.8 Å². The van der Waals surface area contributed by atoms with E-state index in [1.54, 1.807) is 4.90 Å². The molecule has 0 spiro atoms. The number of rotatable bonds is 13. The van der Waals surface area contributed by atoms with Gasteiger partial charge < -0.3 is 14.5 Å². The van der Waals surface area contributed by atoms with Crippen LogP contribution in [0.3, 0.4) is 0 Å². The van der Waals surface area contributed by atoms with Crippen LogP contribution in [0.5, 0.6) is 0 Å². The SMILES string of the molecule is CCCS(=O)(=O)N(CCC(C)C)CC(=O)N(Cc1ccccc1C)C1CCN(C(=O)COC)CC1. The van der Waals surface area contributed by atoms with Gasteiger partial charge in [0, 0.05) is 39.3 Å². The van der Waals surface area contributed by atoms with Crippen LogP contribution in [0.4, 0.5) is 0 Å². The summed E-state index contributed by atoms with van der Waals surface area (Å²) in [5, 5.41) is 0. The van der Waals surface area contributed by atoms with Gasteiger partial charge in [-0.15, -0.1) is 0 Å². The van der Waals surface area contributed by atoms with E-state index in [0.717, 1.165) is 11.1 Å². The van der Waals surface area contributed by atoms with Crippen LogP contribution in [0.25, 0.3) is 0 Å². The van der Waals surface area contributed by atoms with Crippen molar-refractivity contribution in [3.63, 3.8) is 0 Å². The van der Waals surface area contributed by atoms with E-state index in [4.69, 9.17) is 4.74 Å². The largest absolute Gasteiger partial charge is 0.375 e. The predicted molar refractivity (Wildman–Crippen MR) is 138 cm³/mol. The lowest BCUT2D eigenvalue weighted by Crippen LogP contribution is -2.52. The Morgan fingerprint density at radius 3 is 2.40 bits per heavy atom. The summed E-state index contributed by atoms with van der Waals surface area (Å²) in [5.74, 6) is 0.143. The molecule has 1 aliphatic heterocycles. The van der Waals surface area contributed by atoms with E-state index < -0.39 is 10.0 Å². The third-order valence-electron chi connectivity index (χ3n) is 6.57. The Kier molecular flexibility index (Phi) is 11.7. The van der Waals surface area contributed by atoms with Gasteiger partial charge in [-0.3, -0.25) is 9.59 Å². The van der Waals surface area contributed by atoms with E-state index in [1.165, 1.54) is 11.4 Å². The Morgan fingerprint density at radius 1 is 1.17 bits per heavy atom. The molecule has 0 unspecified atom stereocenters. The van der Waals surface area contributed by atoms with E-state index in [2.05, 4.69) is 13.8 Å². The fraction of sp³-hybridized carbons (Fsp3) is 0.692. The van der Waals surface area contributed by atoms with Crippen LogP contribution in [0.1, 0.15) is 57.6 Å². The first-order valence-electron chi connectivity index (χ1n) is 12.7. The van der Waals surface area contributed by atoms with Crippen molar-refractivity contribution < 1.29 is 22.7 Å². The van der Waals surface area contributed by atoms with Crippen LogP contribution in [0, 0.1) is 12.8 Å². The number of methoxy groups -OCH3 is 1. The molecule has 198 valence electrons. The van der Waals surface area contributed by atoms with Crippen molar-refractivity contribution in [3.8, 4) is 0 Å². The maximum Gasteiger partial charge on any atom is 0.248 e. The number of amides is 2. The second-order valence-electron chi connectivity index (χ2n) is 9.83. The Morgan fingerprint density at radius 2 is 1.83 bits per heavy atom. The monoisotopic (exact) mass is 509 g/mol. The standard InChI is InChI=1S/C26H43N3O5S/c1-6-17-35(32,33)28(16-11-21(2)3)19-25(30)29(18-23-10-8-7-9-22(23)4)24-12-14-27(15-13-24)26(31)20-34-5/h7-10,21,24H,6,11-20H2,1-5H3. The molecule has 0 bridgehead atoms. The minimum Gasteiger partial charge on any atom is -0.375 e. The molecule has 2 amide bonds. The number of benzene rings is 1. The molecule has 1 aromatic carbocycles. The lowest BCUT2D eigenvalue weighted by molar-refractivity contribution is -0.139. The number of nitrogens with zero attached hydrogens (tertiary/aromatic N) is 3. The smallest absolute Gasteiger partial charge is 0.248 e. The summed E-state index contributed by atoms with van der Waals surface area (Å²) in [6.07, 6.45) is 2.52. The van der Waals surface area contributed by atoms with E-state index >= 15 is 0 Å². The molecular weight excluding hydrogens is 466 g/mol. The van der Waals surface area contributed by atoms with Crippen LogP contribution in [0.15, 0.2) is 24.3 Å². The molecule has 1 saturated heterocycles. The zero-order valence-electron chi connectivity index (χ0n) is 22.0. The summed E-state index contributed by atoms with van der Waals surface area (Å²) < 4.78 is 32.3. The number of hydrogen-bond acceptors (Lipinski definition) is 5. The number of ether oxygens (including phenoxy) is 1. The molecule has 1 heterocycles. The molecule has 9 heteroatoms. The van der Waals surface area contributed by atoms with Crippen molar-refractivity contribution in [2.24, 2.45) is 5.92 Å². The molecule has 35 heavy (non-hydrogen) atoms. The van der Waals surface area contributed by atoms with Crippen molar-refractivity contribution in [2.45, 2.75) is 66.0 Å². The Balaban J connectivity index is 2.25. The van der Waals surface area contributed by atoms with Gasteiger partial charge in [-0.2, -0.15) is 4.31 Å². The molecule has 0 aliphatic carbocycles. The summed E-state index contributed by atoms with van der Waals surface area (Å²) in [5.41, 5.74) is 2.14. The number of hydrogen-bond donors (Lipinski definition) is 0. The van der Waals surface area contributed by atoms with E-state index in [0.29, 0.717) is 57.8 Å². The molecule has 0 N–H and O–H groups in total. The highest BCUT2D eigenvalue weighted by molar-refractivity contribution is 7.89. The van der Waals surface area contributed by atoms with Crippen molar-refractivity contribution in [1.29, 1.82) is 0 Å². The number of sulfonamides is 1. The second-order valence-corrected chi connectivity index (χ2v) is 11.9. The third kappa shape index (κ3) is 8.88. The molecule has 1 aliphatic rings. The summed E-state index contributed by atoms with van der Waals surface area (Å²) in [6.45, 7) is 9.73. The maximum absolute atomic E-state index is 13.7. The fourth-order valence-corrected chi connectivity index (χ4v) is 5.85. The molecular formula is C26H43N3O5S. The first-order chi connectivity index (χ1) is 16.6. The van der Waals surface area contributed by atoms with Crippen molar-refractivity contribution >= 4 is 21.8 Å². The van der Waals surface area contributed by atoms with E-state index in [-0.39, 0.29) is 36.8 Å². The molecule has 1 fully saturated rings. The van der Waals surface area contributed by atoms with Crippen LogP contribution in [0.2, 0.25) is 0 Å². The van der Waals surface area contributed by atoms with Gasteiger partial charge in [0.25, 0.3) is 0 Å². The molecule has 0 aromatic heterocycles. The summed E-state index contributed by atoms with van der Waals surface area (Å²) in [7, 11) is -2.01. The Bertz CT molecular complexity index is 927. The highest BCUT2D eigenvalue weighted by Crippen LogP contribution is 2.22. The van der Waals surface area contributed by atoms with Gasteiger partial charge in [-0.1, -0.05) is 45.0 Å². The minimum atomic E-state index is -3.52. The van der Waals surface area contributed by atoms with Gasteiger partial charge in [-0.25, -0.2) is 8.42 Å². The molecule has 2 rings (SSSR count). The molecule has 8 nitrogen and oxygen atoms in total. The van der Waals surface area contributed by atoms with Crippen molar-refractivity contribution in [3.05, 3.63) is 35.4 Å². The van der Waals surface area contributed by atoms with Crippen molar-refractivity contribution in [2.75, 3.05) is 45.6 Å². The minimum absolute atomic E-state index is 0.0379. The van der Waals surface area contributed by atoms with Gasteiger partial charge in [0.1, 0.15) is 6.61 Å². The zero-order chi connectivity index (χ0) is 26.0. The average Bonchev–Trinajstić information content (AvgIpc) is 2.81. The Labute approximate surface area is 211 Å². The fourth-order valence-electron chi connectivity index (χ4n) is 4.38. The van der Waals surface area contributed by atoms with Gasteiger partial charge >= 0.3 is 0 Å². The number of carbonyl (C=O) groups excluding carboxylic acids is 2. The molecule has 1 aromatic rings. The van der Waals surface area contributed by atoms with Crippen LogP contribution < -0.4 is 0 Å². The lowest BCUT2D eigenvalue weighted by atomic mass is 10.0. The molecule has 0 atom stereocenters. The topological polar surface area (TPSA) is 87.2 Å². The van der Waals surface area contributed by atoms with Gasteiger partial charge in [0.05, 0.1) is 12.3 Å². The number of likely N-dealkylation sites (tertiary alicyclic amines) is 1. The molecule has 0 radical (unpaired) electrons. The Hall–Kier alpha value is -1.97. The summed E-state index contributed by atoms with van der Waals surface area (Å²) in [6, 6.07) is 7.89. The first-order valence-corrected chi connectivity index (χ1v) is 14.3. The maximum atomic E-state index is 13.7. The summed E-state index contributed by atoms with van der Waals surface area (Å²) >= 11 is 0. The highest BCUT2D eigenvalue weighted by atomic mass is 32.2. The van der Waals surface area contributed by atoms with Crippen molar-refractivity contribution in [1.82, 2.24) is 14.1 Å². The third-order valence-corrected chi connectivity index (χ3v) is 8.59. The molecule has 0 saturated carbocycles. The average molecular weight is 510 g/mol. The van der Waals surface area contributed by atoms with E-state index in [1.807, 2.05) is 43.0 Å². The number of aryl methyl sites for hydroxylation is 1. The second kappa shape index (κ2) is 13.9. The summed E-state index contributed by atoms with van der Waals surface area (Å²) in [4.78, 5) is 29.5. The lowest BCUT2D eigenvalue weighted by Gasteiger charge is -2.39. The predicted octanol–water partition coefficient (Wildman–Crippen LogP) is 3.05. The van der Waals surface area contributed by atoms with E-state index in [9.17, 15) is 18.0 Å². The quantitative estimate of drug-likeness (QED) is 0.408. The zero-order valence-corrected chi connectivity index (χ0v) is 22.8. The highest BCUT2D eigenvalue weighted by Gasteiger charge is 2.32. The van der Waals surface area contributed by atoms with Crippen LogP contribution >= 0.6 is 0 Å². The van der Waals surface area contributed by atoms with Gasteiger partial charge in [-0.05, 0) is 49.7 Å². The van der Waals surface area contributed by atoms with Crippen LogP contribution in [-0.4, -0.2) is 86.0 Å². The number of carbonyl (C=O) groups is 2. The normalized spacial score (nSPS) is 15.1. The number of piperidine rings is 1. The van der Waals surface area contributed by atoms with Crippen LogP contribution in [-0.2, 0) is 30.9 Å². The first kappa shape index (κ1) is 29.3.